The lowest BCUT2D eigenvalue weighted by molar-refractivity contribution is 0.662. The third-order valence-corrected chi connectivity index (χ3v) is 12.8. The van der Waals surface area contributed by atoms with Gasteiger partial charge in [-0.25, -0.2) is 0 Å². The molecule has 0 N–H and O–H groups in total. The maximum absolute atomic E-state index is 2.43. The van der Waals surface area contributed by atoms with Crippen LogP contribution in [-0.2, 0) is 5.41 Å². The average Bonchev–Trinajstić information content (AvgIpc) is 3.58. The van der Waals surface area contributed by atoms with Gasteiger partial charge in [-0.05, 0) is 126 Å². The second kappa shape index (κ2) is 15.4. The van der Waals surface area contributed by atoms with Crippen molar-refractivity contribution >= 4 is 27.8 Å². The zero-order chi connectivity index (χ0) is 41.6. The third-order valence-electron chi connectivity index (χ3n) is 12.8. The first kappa shape index (κ1) is 37.3. The van der Waals surface area contributed by atoms with Crippen LogP contribution < -0.4 is 4.90 Å². The highest BCUT2D eigenvalue weighted by Gasteiger charge is 2.37. The summed E-state index contributed by atoms with van der Waals surface area (Å²) in [4.78, 5) is 2.43. The molecule has 294 valence electrons. The first-order chi connectivity index (χ1) is 30.5. The maximum Gasteiger partial charge on any atom is 0.0540 e. The van der Waals surface area contributed by atoms with Crippen molar-refractivity contribution in [3.8, 4) is 66.8 Å². The van der Waals surface area contributed by atoms with E-state index in [-0.39, 0.29) is 5.41 Å². The van der Waals surface area contributed by atoms with Gasteiger partial charge in [0.15, 0.2) is 0 Å². The SMILES string of the molecule is CC1(C)c2ccccc2-c2cccc(-c3ccc(N(c4cccc(-c5cccc(-c6ccccc6)c5)c4)c4ccccc4-c4cccc(-c5cccc6ccccc56)c4)cc3)c21. The fourth-order valence-electron chi connectivity index (χ4n) is 9.88. The fourth-order valence-corrected chi connectivity index (χ4v) is 9.88. The molecule has 0 aliphatic heterocycles. The van der Waals surface area contributed by atoms with Gasteiger partial charge in [-0.2, -0.15) is 0 Å². The number of benzene rings is 10. The third kappa shape index (κ3) is 6.51. The number of fused-ring (bicyclic) bond motifs is 4. The van der Waals surface area contributed by atoms with Crippen molar-refractivity contribution in [1.82, 2.24) is 0 Å². The van der Waals surface area contributed by atoms with Gasteiger partial charge < -0.3 is 4.90 Å². The lowest BCUT2D eigenvalue weighted by atomic mass is 9.79. The van der Waals surface area contributed by atoms with Crippen LogP contribution in [0, 0.1) is 0 Å². The van der Waals surface area contributed by atoms with E-state index in [1.807, 2.05) is 0 Å². The van der Waals surface area contributed by atoms with Crippen molar-refractivity contribution in [3.63, 3.8) is 0 Å². The summed E-state index contributed by atoms with van der Waals surface area (Å²) in [5.74, 6) is 0. The van der Waals surface area contributed by atoms with Crippen molar-refractivity contribution < 1.29 is 0 Å². The Morgan fingerprint density at radius 3 is 1.65 bits per heavy atom. The van der Waals surface area contributed by atoms with Crippen molar-refractivity contribution in [2.24, 2.45) is 0 Å². The van der Waals surface area contributed by atoms with Gasteiger partial charge in [-0.15, -0.1) is 0 Å². The number of rotatable bonds is 8. The predicted octanol–water partition coefficient (Wildman–Crippen LogP) is 17.0. The van der Waals surface area contributed by atoms with E-state index >= 15 is 0 Å². The first-order valence-corrected chi connectivity index (χ1v) is 21.6. The first-order valence-electron chi connectivity index (χ1n) is 21.6. The van der Waals surface area contributed by atoms with Crippen LogP contribution in [0.25, 0.3) is 77.5 Å². The number of hydrogen-bond acceptors (Lipinski definition) is 1. The molecule has 0 amide bonds. The van der Waals surface area contributed by atoms with Gasteiger partial charge in [0, 0.05) is 22.4 Å². The molecule has 0 spiro atoms. The van der Waals surface area contributed by atoms with E-state index in [9.17, 15) is 0 Å². The second-order valence-electron chi connectivity index (χ2n) is 16.9. The molecule has 62 heavy (non-hydrogen) atoms. The van der Waals surface area contributed by atoms with E-state index in [1.54, 1.807) is 0 Å². The van der Waals surface area contributed by atoms with Gasteiger partial charge in [0.2, 0.25) is 0 Å². The lowest BCUT2D eigenvalue weighted by Gasteiger charge is -2.29. The summed E-state index contributed by atoms with van der Waals surface area (Å²) in [7, 11) is 0. The molecule has 0 saturated carbocycles. The highest BCUT2D eigenvalue weighted by atomic mass is 15.1. The molecule has 0 radical (unpaired) electrons. The van der Waals surface area contributed by atoms with Crippen LogP contribution in [0.5, 0.6) is 0 Å². The quantitative estimate of drug-likeness (QED) is 0.148. The highest BCUT2D eigenvalue weighted by Crippen LogP contribution is 2.52. The minimum Gasteiger partial charge on any atom is -0.310 e. The number of para-hydroxylation sites is 1. The molecule has 0 saturated heterocycles. The normalized spacial score (nSPS) is 12.5. The van der Waals surface area contributed by atoms with Gasteiger partial charge >= 0.3 is 0 Å². The molecule has 1 aliphatic carbocycles. The van der Waals surface area contributed by atoms with Crippen LogP contribution in [0.4, 0.5) is 17.1 Å². The van der Waals surface area contributed by atoms with Crippen LogP contribution in [0.3, 0.4) is 0 Å². The van der Waals surface area contributed by atoms with Crippen LogP contribution in [0.2, 0.25) is 0 Å². The van der Waals surface area contributed by atoms with E-state index in [4.69, 9.17) is 0 Å². The maximum atomic E-state index is 2.43. The van der Waals surface area contributed by atoms with Crippen LogP contribution in [-0.4, -0.2) is 0 Å². The summed E-state index contributed by atoms with van der Waals surface area (Å²) in [6.45, 7) is 4.73. The van der Waals surface area contributed by atoms with Crippen molar-refractivity contribution in [3.05, 3.63) is 248 Å². The zero-order valence-electron chi connectivity index (χ0n) is 35.0. The Labute approximate surface area is 364 Å². The van der Waals surface area contributed by atoms with E-state index in [2.05, 4.69) is 255 Å². The minimum absolute atomic E-state index is 0.106. The summed E-state index contributed by atoms with van der Waals surface area (Å²) in [6.07, 6.45) is 0. The van der Waals surface area contributed by atoms with Crippen LogP contribution >= 0.6 is 0 Å². The molecule has 0 bridgehead atoms. The fraction of sp³-hybridized carbons (Fsp3) is 0.0492. The number of hydrogen-bond donors (Lipinski definition) is 0. The van der Waals surface area contributed by atoms with E-state index in [1.165, 1.54) is 83.1 Å². The smallest absolute Gasteiger partial charge is 0.0540 e. The molecule has 0 unspecified atom stereocenters. The standard InChI is InChI=1S/C61H45N/c1-61(2)58-33-10-8-29-56(58)57-32-16-31-55(60(57)61)44-35-37-50(38-36-44)62(51-26-14-23-47(41-51)46-22-12-21-45(39-46)42-17-4-3-5-18-42)59-34-11-9-28-54(59)49-25-13-24-48(40-49)53-30-15-20-43-19-6-7-27-52(43)53/h3-41H,1-2H3. The van der Waals surface area contributed by atoms with Crippen LogP contribution in [0.15, 0.2) is 237 Å². The van der Waals surface area contributed by atoms with E-state index < -0.39 is 0 Å². The van der Waals surface area contributed by atoms with Crippen molar-refractivity contribution in [2.75, 3.05) is 4.90 Å². The van der Waals surface area contributed by atoms with Gasteiger partial charge in [-0.3, -0.25) is 0 Å². The molecule has 0 aromatic heterocycles. The molecular formula is C61H45N. The molecule has 1 heteroatoms. The highest BCUT2D eigenvalue weighted by molar-refractivity contribution is 5.98. The summed E-state index contributed by atoms with van der Waals surface area (Å²) < 4.78 is 0. The topological polar surface area (TPSA) is 3.24 Å². The second-order valence-corrected chi connectivity index (χ2v) is 16.9. The molecule has 10 aromatic carbocycles. The molecule has 1 aliphatic rings. The molecule has 1 nitrogen and oxygen atoms in total. The molecule has 11 rings (SSSR count). The Balaban J connectivity index is 1.05. The Kier molecular flexibility index (Phi) is 9.24. The van der Waals surface area contributed by atoms with Gasteiger partial charge in [0.05, 0.1) is 5.69 Å². The Hall–Kier alpha value is -7.74. The Morgan fingerprint density at radius 2 is 0.823 bits per heavy atom. The number of nitrogens with zero attached hydrogens (tertiary/aromatic N) is 1. The number of anilines is 3. The van der Waals surface area contributed by atoms with Crippen LogP contribution in [0.1, 0.15) is 25.0 Å². The van der Waals surface area contributed by atoms with Gasteiger partial charge in [0.1, 0.15) is 0 Å². The molecule has 0 fully saturated rings. The van der Waals surface area contributed by atoms with Crippen molar-refractivity contribution in [1.29, 1.82) is 0 Å². The van der Waals surface area contributed by atoms with Gasteiger partial charge in [-0.1, -0.05) is 208 Å². The zero-order valence-corrected chi connectivity index (χ0v) is 35.0. The molecule has 0 atom stereocenters. The average molecular weight is 792 g/mol. The van der Waals surface area contributed by atoms with Crippen molar-refractivity contribution in [2.45, 2.75) is 19.3 Å². The summed E-state index contributed by atoms with van der Waals surface area (Å²) >= 11 is 0. The van der Waals surface area contributed by atoms with Gasteiger partial charge in [0.25, 0.3) is 0 Å². The largest absolute Gasteiger partial charge is 0.310 e. The Bertz CT molecular complexity index is 3260. The summed E-state index contributed by atoms with van der Waals surface area (Å²) in [5, 5.41) is 2.50. The van der Waals surface area contributed by atoms with E-state index in [0.717, 1.165) is 22.6 Å². The lowest BCUT2D eigenvalue weighted by Crippen LogP contribution is -2.16. The van der Waals surface area contributed by atoms with E-state index in [0.29, 0.717) is 0 Å². The summed E-state index contributed by atoms with van der Waals surface area (Å²) in [6, 6.07) is 86.6. The minimum atomic E-state index is -0.106. The molecule has 0 heterocycles. The molecule has 10 aromatic rings. The molecular weight excluding hydrogens is 747 g/mol. The predicted molar refractivity (Wildman–Crippen MR) is 263 cm³/mol. The monoisotopic (exact) mass is 791 g/mol. The Morgan fingerprint density at radius 1 is 0.306 bits per heavy atom. The summed E-state index contributed by atoms with van der Waals surface area (Å²) in [5.41, 5.74) is 20.7.